The second kappa shape index (κ2) is 8.54. The standard InChI is InChI=1S/C15H18FN3O3S/c1-22-9-8-19(7-6-14(20)21)15-17-13(18-23-15)10-11-2-4-12(16)5-3-11/h2-5H,6-10H2,1H3,(H,20,21)/p-1. The van der Waals surface area contributed by atoms with Gasteiger partial charge in [-0.25, -0.2) is 9.37 Å². The minimum Gasteiger partial charge on any atom is -0.550 e. The van der Waals surface area contributed by atoms with Crippen LogP contribution < -0.4 is 10.0 Å². The van der Waals surface area contributed by atoms with Crippen LogP contribution in [-0.2, 0) is 16.0 Å². The van der Waals surface area contributed by atoms with Gasteiger partial charge in [0.05, 0.1) is 6.61 Å². The third-order valence-corrected chi connectivity index (χ3v) is 3.97. The van der Waals surface area contributed by atoms with E-state index < -0.39 is 5.97 Å². The summed E-state index contributed by atoms with van der Waals surface area (Å²) in [4.78, 5) is 16.9. The highest BCUT2D eigenvalue weighted by atomic mass is 32.1. The molecule has 0 spiro atoms. The van der Waals surface area contributed by atoms with E-state index in [1.807, 2.05) is 4.90 Å². The Morgan fingerprint density at radius 2 is 2.09 bits per heavy atom. The zero-order valence-electron chi connectivity index (χ0n) is 12.7. The Kier molecular flexibility index (Phi) is 6.42. The van der Waals surface area contributed by atoms with E-state index in [0.717, 1.165) is 5.56 Å². The van der Waals surface area contributed by atoms with Crippen LogP contribution in [0.4, 0.5) is 9.52 Å². The van der Waals surface area contributed by atoms with E-state index >= 15 is 0 Å². The fraction of sp³-hybridized carbons (Fsp3) is 0.400. The molecule has 1 heterocycles. The average molecular weight is 338 g/mol. The topological polar surface area (TPSA) is 78.4 Å². The van der Waals surface area contributed by atoms with Crippen LogP contribution in [0, 0.1) is 5.82 Å². The van der Waals surface area contributed by atoms with Crippen molar-refractivity contribution in [1.82, 2.24) is 9.36 Å². The minimum atomic E-state index is -1.11. The van der Waals surface area contributed by atoms with E-state index in [4.69, 9.17) is 4.74 Å². The fourth-order valence-corrected chi connectivity index (χ4v) is 2.70. The van der Waals surface area contributed by atoms with Gasteiger partial charge in [-0.1, -0.05) is 12.1 Å². The van der Waals surface area contributed by atoms with E-state index in [0.29, 0.717) is 30.5 Å². The summed E-state index contributed by atoms with van der Waals surface area (Å²) in [7, 11) is 1.58. The minimum absolute atomic E-state index is 0.0867. The van der Waals surface area contributed by atoms with Crippen molar-refractivity contribution in [3.8, 4) is 0 Å². The summed E-state index contributed by atoms with van der Waals surface area (Å²) in [6, 6.07) is 6.17. The molecule has 6 nitrogen and oxygen atoms in total. The normalized spacial score (nSPS) is 10.7. The van der Waals surface area contributed by atoms with Crippen molar-refractivity contribution in [3.05, 3.63) is 41.5 Å². The number of hydrogen-bond acceptors (Lipinski definition) is 7. The number of methoxy groups -OCH3 is 1. The van der Waals surface area contributed by atoms with Crippen molar-refractivity contribution < 1.29 is 19.0 Å². The van der Waals surface area contributed by atoms with Crippen LogP contribution in [-0.4, -0.2) is 42.1 Å². The van der Waals surface area contributed by atoms with Crippen LogP contribution in [0.3, 0.4) is 0 Å². The summed E-state index contributed by atoms with van der Waals surface area (Å²) >= 11 is 1.20. The number of carbonyl (C=O) groups is 1. The highest BCUT2D eigenvalue weighted by Gasteiger charge is 2.13. The van der Waals surface area contributed by atoms with Crippen LogP contribution in [0.1, 0.15) is 17.8 Å². The highest BCUT2D eigenvalue weighted by molar-refractivity contribution is 7.09. The number of anilines is 1. The number of benzene rings is 1. The number of nitrogens with zero attached hydrogens (tertiary/aromatic N) is 3. The Morgan fingerprint density at radius 3 is 2.74 bits per heavy atom. The third-order valence-electron chi connectivity index (χ3n) is 3.15. The first kappa shape index (κ1) is 17.3. The van der Waals surface area contributed by atoms with E-state index in [2.05, 4.69) is 9.36 Å². The van der Waals surface area contributed by atoms with Gasteiger partial charge in [-0.15, -0.1) is 0 Å². The molecular formula is C15H17FN3O3S-. The Morgan fingerprint density at radius 1 is 1.35 bits per heavy atom. The molecule has 0 N–H and O–H groups in total. The molecule has 0 fully saturated rings. The molecule has 1 aromatic carbocycles. The molecule has 23 heavy (non-hydrogen) atoms. The molecule has 0 unspecified atom stereocenters. The Hall–Kier alpha value is -2.06. The molecule has 0 aliphatic heterocycles. The lowest BCUT2D eigenvalue weighted by Gasteiger charge is -2.21. The molecule has 0 saturated carbocycles. The molecule has 0 amide bonds. The summed E-state index contributed by atoms with van der Waals surface area (Å²) in [5.74, 6) is -0.773. The van der Waals surface area contributed by atoms with Crippen molar-refractivity contribution in [1.29, 1.82) is 0 Å². The van der Waals surface area contributed by atoms with E-state index in [-0.39, 0.29) is 18.8 Å². The lowest BCUT2D eigenvalue weighted by atomic mass is 10.1. The Labute approximate surface area is 137 Å². The fourth-order valence-electron chi connectivity index (χ4n) is 1.96. The highest BCUT2D eigenvalue weighted by Crippen LogP contribution is 2.19. The first-order chi connectivity index (χ1) is 11.1. The van der Waals surface area contributed by atoms with Crippen molar-refractivity contribution in [2.75, 3.05) is 31.7 Å². The van der Waals surface area contributed by atoms with Gasteiger partial charge in [0.1, 0.15) is 11.6 Å². The largest absolute Gasteiger partial charge is 0.550 e. The van der Waals surface area contributed by atoms with Gasteiger partial charge in [0.15, 0.2) is 0 Å². The third kappa shape index (κ3) is 5.57. The molecule has 0 radical (unpaired) electrons. The number of ether oxygens (including phenoxy) is 1. The number of rotatable bonds is 9. The van der Waals surface area contributed by atoms with Gasteiger partial charge < -0.3 is 19.5 Å². The average Bonchev–Trinajstić information content (AvgIpc) is 2.98. The molecule has 0 bridgehead atoms. The summed E-state index contributed by atoms with van der Waals surface area (Å²) in [6.07, 6.45) is 0.409. The SMILES string of the molecule is COCCN(CCC(=O)[O-])c1nc(Cc2ccc(F)cc2)ns1. The van der Waals surface area contributed by atoms with Crippen LogP contribution >= 0.6 is 11.5 Å². The van der Waals surface area contributed by atoms with E-state index in [1.54, 1.807) is 19.2 Å². The molecule has 0 aliphatic carbocycles. The van der Waals surface area contributed by atoms with E-state index in [9.17, 15) is 14.3 Å². The molecule has 8 heteroatoms. The zero-order chi connectivity index (χ0) is 16.7. The quantitative estimate of drug-likeness (QED) is 0.675. The maximum Gasteiger partial charge on any atom is 0.205 e. The van der Waals surface area contributed by atoms with Gasteiger partial charge in [-0.05, 0) is 17.7 Å². The van der Waals surface area contributed by atoms with E-state index in [1.165, 1.54) is 23.7 Å². The van der Waals surface area contributed by atoms with Gasteiger partial charge in [-0.3, -0.25) is 0 Å². The second-order valence-electron chi connectivity index (χ2n) is 4.90. The van der Waals surface area contributed by atoms with Gasteiger partial charge in [0.25, 0.3) is 0 Å². The molecule has 1 aromatic heterocycles. The first-order valence-electron chi connectivity index (χ1n) is 7.09. The predicted molar refractivity (Wildman–Crippen MR) is 82.8 cm³/mol. The lowest BCUT2D eigenvalue weighted by Crippen LogP contribution is -2.33. The number of carboxylic acid groups (broad SMARTS) is 1. The first-order valence-corrected chi connectivity index (χ1v) is 7.86. The maximum absolute atomic E-state index is 12.9. The monoisotopic (exact) mass is 338 g/mol. The van der Waals surface area contributed by atoms with Crippen molar-refractivity contribution in [3.63, 3.8) is 0 Å². The Bertz CT molecular complexity index is 633. The van der Waals surface area contributed by atoms with Crippen LogP contribution in [0.15, 0.2) is 24.3 Å². The molecule has 0 aliphatic rings. The number of halogens is 1. The number of carbonyl (C=O) groups excluding carboxylic acids is 1. The molecular weight excluding hydrogens is 321 g/mol. The summed E-state index contributed by atoms with van der Waals surface area (Å²) in [5, 5.41) is 11.3. The van der Waals surface area contributed by atoms with Gasteiger partial charge in [-0.2, -0.15) is 4.37 Å². The molecule has 0 saturated heterocycles. The van der Waals surface area contributed by atoms with Crippen LogP contribution in [0.2, 0.25) is 0 Å². The lowest BCUT2D eigenvalue weighted by molar-refractivity contribution is -0.305. The number of aliphatic carboxylic acids is 1. The van der Waals surface area contributed by atoms with Crippen LogP contribution in [0.25, 0.3) is 0 Å². The number of aromatic nitrogens is 2. The molecule has 2 rings (SSSR count). The smallest absolute Gasteiger partial charge is 0.205 e. The van der Waals surface area contributed by atoms with Gasteiger partial charge in [0.2, 0.25) is 5.13 Å². The van der Waals surface area contributed by atoms with Crippen molar-refractivity contribution >= 4 is 22.6 Å². The second-order valence-corrected chi connectivity index (χ2v) is 5.63. The van der Waals surface area contributed by atoms with Gasteiger partial charge >= 0.3 is 0 Å². The summed E-state index contributed by atoms with van der Waals surface area (Å²) < 4.78 is 22.2. The molecule has 124 valence electrons. The number of carboxylic acids is 1. The summed E-state index contributed by atoms with van der Waals surface area (Å²) in [6.45, 7) is 1.27. The predicted octanol–water partition coefficient (Wildman–Crippen LogP) is 0.861. The summed E-state index contributed by atoms with van der Waals surface area (Å²) in [5.41, 5.74) is 0.911. The number of hydrogen-bond donors (Lipinski definition) is 0. The van der Waals surface area contributed by atoms with Crippen molar-refractivity contribution in [2.24, 2.45) is 0 Å². The Balaban J connectivity index is 2.03. The molecule has 2 aromatic rings. The molecule has 0 atom stereocenters. The van der Waals surface area contributed by atoms with Crippen LogP contribution in [0.5, 0.6) is 0 Å². The van der Waals surface area contributed by atoms with Gasteiger partial charge in [0, 0.05) is 50.5 Å². The zero-order valence-corrected chi connectivity index (χ0v) is 13.5. The van der Waals surface area contributed by atoms with Crippen molar-refractivity contribution in [2.45, 2.75) is 12.8 Å². The maximum atomic E-state index is 12.9.